The Balaban J connectivity index is 1.47. The van der Waals surface area contributed by atoms with E-state index in [1.807, 2.05) is 0 Å². The van der Waals surface area contributed by atoms with Crippen LogP contribution in [0.25, 0.3) is 0 Å². The Morgan fingerprint density at radius 1 is 0.724 bits per heavy atom. The molecule has 0 bridgehead atoms. The minimum atomic E-state index is -1.07. The summed E-state index contributed by atoms with van der Waals surface area (Å²) in [6, 6.07) is 8.76. The second kappa shape index (κ2) is 11.5. The van der Waals surface area contributed by atoms with Gasteiger partial charge in [-0.1, -0.05) is 89.5 Å². The van der Waals surface area contributed by atoms with Gasteiger partial charge in [-0.2, -0.15) is 0 Å². The van der Waals surface area contributed by atoms with E-state index >= 15 is 4.39 Å². The van der Waals surface area contributed by atoms with E-state index in [1.165, 1.54) is 82.6 Å². The lowest BCUT2D eigenvalue weighted by atomic mass is 9.74. The van der Waals surface area contributed by atoms with Crippen LogP contribution >= 0.6 is 0 Å². The molecule has 2 saturated carbocycles. The SMILES string of the molecule is CCCCCC1CCC(c2ccc(C3(F)CCC(CCCCC)CC3)cc2)CC1. The zero-order valence-corrected chi connectivity index (χ0v) is 19.2. The number of hydrogen-bond donors (Lipinski definition) is 0. The smallest absolute Gasteiger partial charge is 0.136 e. The second-order valence-corrected chi connectivity index (χ2v) is 10.2. The van der Waals surface area contributed by atoms with Gasteiger partial charge in [-0.3, -0.25) is 0 Å². The van der Waals surface area contributed by atoms with Crippen LogP contribution in [0.1, 0.15) is 134 Å². The van der Waals surface area contributed by atoms with E-state index in [0.717, 1.165) is 43.1 Å². The highest BCUT2D eigenvalue weighted by Gasteiger charge is 2.36. The summed E-state index contributed by atoms with van der Waals surface area (Å²) in [7, 11) is 0. The highest BCUT2D eigenvalue weighted by Crippen LogP contribution is 2.45. The molecule has 1 heteroatoms. The van der Waals surface area contributed by atoms with E-state index in [4.69, 9.17) is 0 Å². The van der Waals surface area contributed by atoms with Crippen LogP contribution in [0.2, 0.25) is 0 Å². The van der Waals surface area contributed by atoms with Gasteiger partial charge < -0.3 is 0 Å². The van der Waals surface area contributed by atoms with Crippen molar-refractivity contribution in [3.8, 4) is 0 Å². The fourth-order valence-corrected chi connectivity index (χ4v) is 5.92. The second-order valence-electron chi connectivity index (χ2n) is 10.2. The van der Waals surface area contributed by atoms with Crippen LogP contribution in [0, 0.1) is 11.8 Å². The third kappa shape index (κ3) is 6.56. The van der Waals surface area contributed by atoms with Gasteiger partial charge in [-0.15, -0.1) is 0 Å². The first kappa shape index (κ1) is 22.8. The van der Waals surface area contributed by atoms with Crippen molar-refractivity contribution < 1.29 is 4.39 Å². The Morgan fingerprint density at radius 2 is 1.24 bits per heavy atom. The normalized spacial score (nSPS) is 30.4. The Hall–Kier alpha value is -0.850. The van der Waals surface area contributed by atoms with Crippen molar-refractivity contribution in [3.63, 3.8) is 0 Å². The summed E-state index contributed by atoms with van der Waals surface area (Å²) in [6.07, 6.45) is 19.9. The molecule has 0 heterocycles. The molecule has 0 unspecified atom stereocenters. The van der Waals surface area contributed by atoms with Crippen molar-refractivity contribution in [1.29, 1.82) is 0 Å². The first-order chi connectivity index (χ1) is 14.1. The van der Waals surface area contributed by atoms with E-state index in [2.05, 4.69) is 38.1 Å². The minimum absolute atomic E-state index is 0.705. The summed E-state index contributed by atoms with van der Waals surface area (Å²) in [6.45, 7) is 4.55. The largest absolute Gasteiger partial charge is 0.239 e. The maximum atomic E-state index is 15.6. The van der Waals surface area contributed by atoms with Crippen molar-refractivity contribution >= 4 is 0 Å². The molecular formula is C28H45F. The van der Waals surface area contributed by atoms with Crippen LogP contribution in [0.5, 0.6) is 0 Å². The maximum Gasteiger partial charge on any atom is 0.136 e. The van der Waals surface area contributed by atoms with Crippen molar-refractivity contribution in [1.82, 2.24) is 0 Å². The average Bonchev–Trinajstić information content (AvgIpc) is 2.76. The first-order valence-electron chi connectivity index (χ1n) is 12.9. The highest BCUT2D eigenvalue weighted by atomic mass is 19.1. The molecule has 0 N–H and O–H groups in total. The van der Waals surface area contributed by atoms with E-state index in [1.54, 1.807) is 0 Å². The summed E-state index contributed by atoms with van der Waals surface area (Å²) in [5.41, 5.74) is 1.33. The molecule has 0 amide bonds. The van der Waals surface area contributed by atoms with Gasteiger partial charge in [-0.05, 0) is 80.2 Å². The molecule has 0 aromatic heterocycles. The number of alkyl halides is 1. The minimum Gasteiger partial charge on any atom is -0.239 e. The van der Waals surface area contributed by atoms with E-state index in [0.29, 0.717) is 5.92 Å². The average molecular weight is 401 g/mol. The van der Waals surface area contributed by atoms with Crippen molar-refractivity contribution in [2.75, 3.05) is 0 Å². The molecule has 0 spiro atoms. The summed E-state index contributed by atoms with van der Waals surface area (Å²) in [5.74, 6) is 2.42. The lowest BCUT2D eigenvalue weighted by Crippen LogP contribution is -2.27. The molecule has 0 atom stereocenters. The summed E-state index contributed by atoms with van der Waals surface area (Å²) < 4.78 is 15.6. The molecule has 1 aromatic carbocycles. The molecule has 29 heavy (non-hydrogen) atoms. The van der Waals surface area contributed by atoms with Crippen LogP contribution in [-0.2, 0) is 5.67 Å². The predicted octanol–water partition coefficient (Wildman–Crippen LogP) is 9.48. The van der Waals surface area contributed by atoms with Gasteiger partial charge in [0.05, 0.1) is 0 Å². The van der Waals surface area contributed by atoms with Gasteiger partial charge in [0.15, 0.2) is 0 Å². The zero-order valence-electron chi connectivity index (χ0n) is 19.2. The van der Waals surface area contributed by atoms with E-state index in [9.17, 15) is 0 Å². The van der Waals surface area contributed by atoms with Crippen LogP contribution in [0.4, 0.5) is 4.39 Å². The number of halogens is 1. The molecule has 0 aliphatic heterocycles. The fourth-order valence-electron chi connectivity index (χ4n) is 5.92. The van der Waals surface area contributed by atoms with Crippen LogP contribution < -0.4 is 0 Å². The Labute approximate surface area is 180 Å². The topological polar surface area (TPSA) is 0 Å². The van der Waals surface area contributed by atoms with Crippen LogP contribution in [0.15, 0.2) is 24.3 Å². The monoisotopic (exact) mass is 400 g/mol. The molecule has 0 nitrogen and oxygen atoms in total. The van der Waals surface area contributed by atoms with Gasteiger partial charge in [0.2, 0.25) is 0 Å². The van der Waals surface area contributed by atoms with Gasteiger partial charge in [0.1, 0.15) is 5.67 Å². The maximum absolute atomic E-state index is 15.6. The lowest BCUT2D eigenvalue weighted by molar-refractivity contribution is 0.0787. The van der Waals surface area contributed by atoms with Crippen molar-refractivity contribution in [2.24, 2.45) is 11.8 Å². The number of hydrogen-bond acceptors (Lipinski definition) is 0. The molecule has 3 rings (SSSR count). The predicted molar refractivity (Wildman–Crippen MR) is 124 cm³/mol. The Kier molecular flexibility index (Phi) is 9.07. The molecule has 2 aliphatic rings. The third-order valence-electron chi connectivity index (χ3n) is 8.08. The van der Waals surface area contributed by atoms with Crippen LogP contribution in [-0.4, -0.2) is 0 Å². The molecular weight excluding hydrogens is 355 g/mol. The molecule has 1 aromatic rings. The summed E-state index contributed by atoms with van der Waals surface area (Å²) in [4.78, 5) is 0. The number of unbranched alkanes of at least 4 members (excludes halogenated alkanes) is 4. The summed E-state index contributed by atoms with van der Waals surface area (Å²) >= 11 is 0. The van der Waals surface area contributed by atoms with Crippen LogP contribution in [0.3, 0.4) is 0 Å². The van der Waals surface area contributed by atoms with Gasteiger partial charge >= 0.3 is 0 Å². The molecule has 164 valence electrons. The van der Waals surface area contributed by atoms with Gasteiger partial charge in [-0.25, -0.2) is 4.39 Å². The Morgan fingerprint density at radius 3 is 1.76 bits per heavy atom. The Bertz CT molecular complexity index is 558. The van der Waals surface area contributed by atoms with Gasteiger partial charge in [0, 0.05) is 0 Å². The van der Waals surface area contributed by atoms with E-state index in [-0.39, 0.29) is 0 Å². The number of rotatable bonds is 10. The molecule has 0 saturated heterocycles. The summed E-state index contributed by atoms with van der Waals surface area (Å²) in [5, 5.41) is 0. The quantitative estimate of drug-likeness (QED) is 0.343. The molecule has 0 radical (unpaired) electrons. The first-order valence-corrected chi connectivity index (χ1v) is 12.9. The molecule has 2 fully saturated rings. The number of benzene rings is 1. The lowest BCUT2D eigenvalue weighted by Gasteiger charge is -2.35. The van der Waals surface area contributed by atoms with Crippen molar-refractivity contribution in [2.45, 2.75) is 128 Å². The molecule has 2 aliphatic carbocycles. The van der Waals surface area contributed by atoms with E-state index < -0.39 is 5.67 Å². The fraction of sp³-hybridized carbons (Fsp3) is 0.786. The van der Waals surface area contributed by atoms with Crippen molar-refractivity contribution in [3.05, 3.63) is 35.4 Å². The third-order valence-corrected chi connectivity index (χ3v) is 8.08. The van der Waals surface area contributed by atoms with Gasteiger partial charge in [0.25, 0.3) is 0 Å². The highest BCUT2D eigenvalue weighted by molar-refractivity contribution is 5.30. The zero-order chi connectivity index (χ0) is 20.5. The standard InChI is InChI=1S/C28H45F/c1-3-5-7-9-23-11-13-25(14-12-23)26-15-17-27(18-16-26)28(29)21-19-24(20-22-28)10-8-6-4-2/h15-18,23-25H,3-14,19-22H2,1-2H3.